The molecule has 236 valence electrons. The van der Waals surface area contributed by atoms with Crippen molar-refractivity contribution in [3.63, 3.8) is 0 Å². The second kappa shape index (κ2) is 14.6. The number of halogens is 3. The average Bonchev–Trinajstić information content (AvgIpc) is 3.00. The molecule has 7 nitrogen and oxygen atoms in total. The first-order valence-corrected chi connectivity index (χ1v) is 14.6. The monoisotopic (exact) mass is 612 g/mol. The van der Waals surface area contributed by atoms with Crippen molar-refractivity contribution in [3.05, 3.63) is 95.1 Å². The quantitative estimate of drug-likeness (QED) is 0.122. The third kappa shape index (κ3) is 8.75. The lowest BCUT2D eigenvalue weighted by Crippen LogP contribution is -2.39. The molecule has 0 spiro atoms. The molecular weight excluding hydrogens is 573 g/mol. The van der Waals surface area contributed by atoms with Crippen LogP contribution in [0.15, 0.2) is 78.0 Å². The molecule has 1 heterocycles. The van der Waals surface area contributed by atoms with Crippen LogP contribution >= 0.6 is 0 Å². The summed E-state index contributed by atoms with van der Waals surface area (Å²) in [5.41, 5.74) is 5.72. The van der Waals surface area contributed by atoms with Gasteiger partial charge in [0.2, 0.25) is 0 Å². The second-order valence-corrected chi connectivity index (χ2v) is 11.2. The van der Waals surface area contributed by atoms with Crippen LogP contribution in [0, 0.1) is 0 Å². The molecule has 10 heteroatoms. The number of anilines is 1. The normalized spacial score (nSPS) is 15.3. The van der Waals surface area contributed by atoms with Gasteiger partial charge < -0.3 is 23.9 Å². The number of ether oxygens (including phenoxy) is 3. The van der Waals surface area contributed by atoms with Crippen molar-refractivity contribution in [1.82, 2.24) is 0 Å². The van der Waals surface area contributed by atoms with E-state index in [1.807, 2.05) is 30.3 Å². The Hall–Kier alpha value is -4.05. The summed E-state index contributed by atoms with van der Waals surface area (Å²) in [5.74, 6) is -0.203. The van der Waals surface area contributed by atoms with E-state index in [-0.39, 0.29) is 18.4 Å². The largest absolute Gasteiger partial charge is 0.492 e. The SMILES string of the molecule is CCOC(=O)C(Cc1ccc(OCCN2CCC(C)(C)c3cc(C(=NOC)c4ccccc4)ccc32)cc1)OCC(F)(F)F. The summed E-state index contributed by atoms with van der Waals surface area (Å²) < 4.78 is 53.7. The van der Waals surface area contributed by atoms with Crippen LogP contribution in [0.1, 0.15) is 49.4 Å². The van der Waals surface area contributed by atoms with Gasteiger partial charge >= 0.3 is 12.1 Å². The molecule has 1 unspecified atom stereocenters. The van der Waals surface area contributed by atoms with E-state index in [0.29, 0.717) is 24.5 Å². The highest BCUT2D eigenvalue weighted by Crippen LogP contribution is 2.40. The van der Waals surface area contributed by atoms with Crippen molar-refractivity contribution in [3.8, 4) is 5.75 Å². The minimum atomic E-state index is -4.54. The molecule has 3 aromatic carbocycles. The fourth-order valence-electron chi connectivity index (χ4n) is 5.21. The number of esters is 1. The highest BCUT2D eigenvalue weighted by molar-refractivity contribution is 6.13. The summed E-state index contributed by atoms with van der Waals surface area (Å²) in [6.07, 6.45) is -4.97. The lowest BCUT2D eigenvalue weighted by Gasteiger charge is -2.40. The summed E-state index contributed by atoms with van der Waals surface area (Å²) >= 11 is 0. The number of carbonyl (C=O) groups excluding carboxylic acids is 1. The van der Waals surface area contributed by atoms with Gasteiger partial charge in [0.25, 0.3) is 0 Å². The van der Waals surface area contributed by atoms with Crippen LogP contribution in [0.2, 0.25) is 0 Å². The Morgan fingerprint density at radius 2 is 1.75 bits per heavy atom. The molecular formula is C34H39F3N2O5. The van der Waals surface area contributed by atoms with Crippen LogP contribution < -0.4 is 9.64 Å². The molecule has 0 fully saturated rings. The predicted molar refractivity (Wildman–Crippen MR) is 163 cm³/mol. The summed E-state index contributed by atoms with van der Waals surface area (Å²) in [4.78, 5) is 19.6. The molecule has 0 saturated heterocycles. The van der Waals surface area contributed by atoms with E-state index in [1.165, 1.54) is 5.56 Å². The fourth-order valence-corrected chi connectivity index (χ4v) is 5.21. The van der Waals surface area contributed by atoms with Gasteiger partial charge in [0.15, 0.2) is 6.10 Å². The van der Waals surface area contributed by atoms with Gasteiger partial charge in [-0.1, -0.05) is 67.5 Å². The lowest BCUT2D eigenvalue weighted by atomic mass is 9.76. The van der Waals surface area contributed by atoms with E-state index in [2.05, 4.69) is 42.1 Å². The zero-order valence-corrected chi connectivity index (χ0v) is 25.5. The Kier molecular flexibility index (Phi) is 10.9. The van der Waals surface area contributed by atoms with Crippen LogP contribution in [-0.2, 0) is 30.9 Å². The fraction of sp³-hybridized carbons (Fsp3) is 0.412. The summed E-state index contributed by atoms with van der Waals surface area (Å²) in [6.45, 7) is 6.60. The van der Waals surface area contributed by atoms with E-state index in [4.69, 9.17) is 19.0 Å². The first-order valence-electron chi connectivity index (χ1n) is 14.6. The minimum Gasteiger partial charge on any atom is -0.492 e. The predicted octanol–water partition coefficient (Wildman–Crippen LogP) is 6.71. The second-order valence-electron chi connectivity index (χ2n) is 11.2. The number of alkyl halides is 3. The zero-order chi connectivity index (χ0) is 31.7. The zero-order valence-electron chi connectivity index (χ0n) is 25.5. The first kappa shape index (κ1) is 32.9. The summed E-state index contributed by atoms with van der Waals surface area (Å²) in [5, 5.41) is 4.33. The number of oxime groups is 1. The molecule has 1 atom stereocenters. The number of carbonyl (C=O) groups is 1. The Morgan fingerprint density at radius 1 is 1.02 bits per heavy atom. The third-order valence-corrected chi connectivity index (χ3v) is 7.55. The van der Waals surface area contributed by atoms with Gasteiger partial charge in [-0.3, -0.25) is 0 Å². The van der Waals surface area contributed by atoms with E-state index in [1.54, 1.807) is 38.3 Å². The first-order chi connectivity index (χ1) is 21.0. The van der Waals surface area contributed by atoms with Crippen molar-refractivity contribution in [2.75, 3.05) is 44.9 Å². The topological polar surface area (TPSA) is 69.6 Å². The van der Waals surface area contributed by atoms with Crippen LogP contribution in [-0.4, -0.2) is 64.0 Å². The molecule has 0 amide bonds. The van der Waals surface area contributed by atoms with Gasteiger partial charge in [0.05, 0.1) is 13.2 Å². The molecule has 0 aliphatic carbocycles. The van der Waals surface area contributed by atoms with Gasteiger partial charge in [-0.2, -0.15) is 13.2 Å². The third-order valence-electron chi connectivity index (χ3n) is 7.55. The Balaban J connectivity index is 1.40. The van der Waals surface area contributed by atoms with Gasteiger partial charge in [0.1, 0.15) is 31.8 Å². The van der Waals surface area contributed by atoms with Crippen molar-refractivity contribution in [1.29, 1.82) is 0 Å². The van der Waals surface area contributed by atoms with Gasteiger partial charge in [-0.15, -0.1) is 0 Å². The number of hydrogen-bond acceptors (Lipinski definition) is 7. The van der Waals surface area contributed by atoms with E-state index < -0.39 is 24.9 Å². The highest BCUT2D eigenvalue weighted by atomic mass is 19.4. The summed E-state index contributed by atoms with van der Waals surface area (Å²) in [6, 6.07) is 23.3. The Morgan fingerprint density at radius 3 is 2.41 bits per heavy atom. The molecule has 0 bridgehead atoms. The van der Waals surface area contributed by atoms with Crippen LogP contribution in [0.3, 0.4) is 0 Å². The molecule has 0 N–H and O–H groups in total. The average molecular weight is 613 g/mol. The standard InChI is InChI=1S/C34H39F3N2O5/c1-5-42-32(40)30(44-23-34(35,36)37)21-24-11-14-27(15-12-24)43-20-19-39-18-17-33(2,3)28-22-26(13-16-29(28)39)31(38-41-4)25-9-7-6-8-10-25/h6-16,22,30H,5,17-21,23H2,1-4H3. The smallest absolute Gasteiger partial charge is 0.411 e. The van der Waals surface area contributed by atoms with Crippen molar-refractivity contribution < 1.29 is 37.0 Å². The molecule has 44 heavy (non-hydrogen) atoms. The summed E-state index contributed by atoms with van der Waals surface area (Å²) in [7, 11) is 1.55. The minimum absolute atomic E-state index is 0.0291. The van der Waals surface area contributed by atoms with Gasteiger partial charge in [-0.25, -0.2) is 4.79 Å². The molecule has 4 rings (SSSR count). The van der Waals surface area contributed by atoms with Crippen molar-refractivity contribution in [2.45, 2.75) is 51.3 Å². The van der Waals surface area contributed by atoms with Gasteiger partial charge in [0, 0.05) is 29.8 Å². The van der Waals surface area contributed by atoms with Crippen LogP contribution in [0.4, 0.5) is 18.9 Å². The molecule has 3 aromatic rings. The van der Waals surface area contributed by atoms with Crippen LogP contribution in [0.25, 0.3) is 0 Å². The van der Waals surface area contributed by atoms with Crippen molar-refractivity contribution in [2.24, 2.45) is 5.16 Å². The molecule has 0 saturated carbocycles. The van der Waals surface area contributed by atoms with Crippen molar-refractivity contribution >= 4 is 17.4 Å². The molecule has 1 aliphatic heterocycles. The molecule has 0 radical (unpaired) electrons. The highest BCUT2D eigenvalue weighted by Gasteiger charge is 2.33. The Bertz CT molecular complexity index is 1410. The van der Waals surface area contributed by atoms with E-state index in [0.717, 1.165) is 35.5 Å². The van der Waals surface area contributed by atoms with Crippen LogP contribution in [0.5, 0.6) is 5.75 Å². The Labute approximate surface area is 256 Å². The molecule has 0 aromatic heterocycles. The molecule has 1 aliphatic rings. The lowest BCUT2D eigenvalue weighted by molar-refractivity contribution is -0.194. The maximum atomic E-state index is 12.7. The number of fused-ring (bicyclic) bond motifs is 1. The number of hydrogen-bond donors (Lipinski definition) is 0. The maximum absolute atomic E-state index is 12.7. The van der Waals surface area contributed by atoms with E-state index in [9.17, 15) is 18.0 Å². The number of nitrogens with zero attached hydrogens (tertiary/aromatic N) is 2. The number of benzene rings is 3. The van der Waals surface area contributed by atoms with Gasteiger partial charge in [-0.05, 0) is 54.2 Å². The maximum Gasteiger partial charge on any atom is 0.411 e. The number of rotatable bonds is 13. The van der Waals surface area contributed by atoms with E-state index >= 15 is 0 Å².